The van der Waals surface area contributed by atoms with Crippen LogP contribution in [0.4, 0.5) is 5.69 Å². The second-order valence-corrected chi connectivity index (χ2v) is 10.4. The third-order valence-corrected chi connectivity index (χ3v) is 7.06. The van der Waals surface area contributed by atoms with E-state index in [0.29, 0.717) is 34.3 Å². The maximum atomic E-state index is 11.4. The van der Waals surface area contributed by atoms with Crippen molar-refractivity contribution >= 4 is 28.9 Å². The van der Waals surface area contributed by atoms with Gasteiger partial charge in [-0.1, -0.05) is 104 Å². The van der Waals surface area contributed by atoms with Gasteiger partial charge in [0, 0.05) is 31.5 Å². The average molecular weight is 551 g/mol. The van der Waals surface area contributed by atoms with Gasteiger partial charge in [-0.15, -0.1) is 0 Å². The highest BCUT2D eigenvalue weighted by atomic mass is 35.5. The van der Waals surface area contributed by atoms with Gasteiger partial charge < -0.3 is 19.5 Å². The molecular formula is C32H33Cl2NO3. The predicted octanol–water partition coefficient (Wildman–Crippen LogP) is 8.39. The molecule has 4 rings (SSSR count). The first-order valence-corrected chi connectivity index (χ1v) is 13.4. The maximum absolute atomic E-state index is 11.4. The van der Waals surface area contributed by atoms with E-state index in [-0.39, 0.29) is 12.7 Å². The molecule has 4 aromatic carbocycles. The van der Waals surface area contributed by atoms with E-state index in [2.05, 4.69) is 43.0 Å². The number of ether oxygens (including phenoxy) is 2. The van der Waals surface area contributed by atoms with Gasteiger partial charge in [-0.2, -0.15) is 0 Å². The van der Waals surface area contributed by atoms with Crippen molar-refractivity contribution in [3.63, 3.8) is 0 Å². The van der Waals surface area contributed by atoms with E-state index in [9.17, 15) is 5.11 Å². The number of aliphatic hydroxyl groups is 1. The van der Waals surface area contributed by atoms with Crippen LogP contribution in [0.15, 0.2) is 91.0 Å². The minimum Gasteiger partial charge on any atom is -0.467 e. The molecule has 1 atom stereocenters. The van der Waals surface area contributed by atoms with Crippen molar-refractivity contribution in [3.8, 4) is 5.75 Å². The number of anilines is 1. The smallest absolute Gasteiger partial charge is 0.188 e. The zero-order valence-electron chi connectivity index (χ0n) is 21.9. The number of halogens is 2. The number of hydrogen-bond donors (Lipinski definition) is 1. The molecule has 1 unspecified atom stereocenters. The fourth-order valence-electron chi connectivity index (χ4n) is 4.47. The van der Waals surface area contributed by atoms with Gasteiger partial charge in [0.1, 0.15) is 11.9 Å². The third-order valence-electron chi connectivity index (χ3n) is 6.44. The minimum absolute atomic E-state index is 0.156. The summed E-state index contributed by atoms with van der Waals surface area (Å²) in [5.41, 5.74) is 5.39. The summed E-state index contributed by atoms with van der Waals surface area (Å²) in [5.74, 6) is 0.912. The highest BCUT2D eigenvalue weighted by molar-refractivity contribution is 6.36. The zero-order chi connectivity index (χ0) is 27.1. The van der Waals surface area contributed by atoms with Crippen LogP contribution in [-0.2, 0) is 17.8 Å². The Morgan fingerprint density at radius 3 is 1.84 bits per heavy atom. The molecule has 1 N–H and O–H groups in total. The molecule has 4 aromatic rings. The van der Waals surface area contributed by atoms with Crippen LogP contribution in [0.5, 0.6) is 5.75 Å². The molecule has 38 heavy (non-hydrogen) atoms. The van der Waals surface area contributed by atoms with Crippen LogP contribution in [-0.4, -0.2) is 19.0 Å². The Balaban J connectivity index is 1.67. The first kappa shape index (κ1) is 28.0. The monoisotopic (exact) mass is 549 g/mol. The number of rotatable bonds is 11. The van der Waals surface area contributed by atoms with E-state index in [1.54, 1.807) is 7.11 Å². The van der Waals surface area contributed by atoms with Crippen LogP contribution in [0, 0.1) is 0 Å². The van der Waals surface area contributed by atoms with Gasteiger partial charge in [-0.05, 0) is 52.4 Å². The van der Waals surface area contributed by atoms with Crippen molar-refractivity contribution in [2.75, 3.05) is 18.8 Å². The van der Waals surface area contributed by atoms with E-state index in [1.165, 1.54) is 11.1 Å². The summed E-state index contributed by atoms with van der Waals surface area (Å²) in [6.07, 6.45) is -0.991. The first-order chi connectivity index (χ1) is 18.4. The van der Waals surface area contributed by atoms with Gasteiger partial charge in [0.15, 0.2) is 6.79 Å². The topological polar surface area (TPSA) is 41.9 Å². The second kappa shape index (κ2) is 13.2. The number of benzene rings is 4. The summed E-state index contributed by atoms with van der Waals surface area (Å²) in [7, 11) is 1.58. The summed E-state index contributed by atoms with van der Waals surface area (Å²) in [4.78, 5) is 2.23. The number of aliphatic hydroxyl groups excluding tert-OH is 1. The molecule has 0 aliphatic heterocycles. The molecule has 0 radical (unpaired) electrons. The van der Waals surface area contributed by atoms with Gasteiger partial charge in [-0.3, -0.25) is 0 Å². The summed E-state index contributed by atoms with van der Waals surface area (Å²) in [5, 5.41) is 12.2. The summed E-state index contributed by atoms with van der Waals surface area (Å²) in [6, 6.07) is 30.0. The Hall–Kier alpha value is -3.02. The van der Waals surface area contributed by atoms with E-state index in [0.717, 1.165) is 17.0 Å². The van der Waals surface area contributed by atoms with E-state index in [1.807, 2.05) is 66.7 Å². The normalized spacial score (nSPS) is 12.0. The molecule has 0 saturated carbocycles. The fraction of sp³-hybridized carbons (Fsp3) is 0.250. The Labute approximate surface area is 235 Å². The Kier molecular flexibility index (Phi) is 9.70. The molecule has 0 aliphatic carbocycles. The summed E-state index contributed by atoms with van der Waals surface area (Å²) in [6.45, 7) is 5.68. The van der Waals surface area contributed by atoms with Crippen molar-refractivity contribution in [2.45, 2.75) is 39.0 Å². The molecule has 0 saturated heterocycles. The lowest BCUT2D eigenvalue weighted by molar-refractivity contribution is 0.0502. The highest BCUT2D eigenvalue weighted by Crippen LogP contribution is 2.40. The van der Waals surface area contributed by atoms with Crippen molar-refractivity contribution in [2.24, 2.45) is 0 Å². The lowest BCUT2D eigenvalue weighted by Gasteiger charge is -2.27. The second-order valence-electron chi connectivity index (χ2n) is 9.56. The number of nitrogens with zero attached hydrogens (tertiary/aromatic N) is 1. The SMILES string of the molecule is COCOc1ccc(C(O)c2c(Cl)cc(N(Cc3ccccc3)Cc3ccccc3)cc2Cl)cc1C(C)C. The van der Waals surface area contributed by atoms with Crippen molar-refractivity contribution in [1.82, 2.24) is 0 Å². The molecule has 0 aliphatic rings. The van der Waals surface area contributed by atoms with Crippen molar-refractivity contribution in [3.05, 3.63) is 129 Å². The molecule has 0 fully saturated rings. The zero-order valence-corrected chi connectivity index (χ0v) is 23.4. The molecule has 0 heterocycles. The summed E-state index contributed by atoms with van der Waals surface area (Å²) < 4.78 is 10.8. The molecule has 198 valence electrons. The average Bonchev–Trinajstić information content (AvgIpc) is 2.92. The van der Waals surface area contributed by atoms with E-state index in [4.69, 9.17) is 32.7 Å². The van der Waals surface area contributed by atoms with Crippen LogP contribution >= 0.6 is 23.2 Å². The van der Waals surface area contributed by atoms with Crippen LogP contribution < -0.4 is 9.64 Å². The third kappa shape index (κ3) is 6.89. The Morgan fingerprint density at radius 1 is 0.789 bits per heavy atom. The van der Waals surface area contributed by atoms with E-state index < -0.39 is 6.10 Å². The molecule has 0 aromatic heterocycles. The Bertz CT molecular complexity index is 1260. The highest BCUT2D eigenvalue weighted by Gasteiger charge is 2.22. The Morgan fingerprint density at radius 2 is 1.34 bits per heavy atom. The lowest BCUT2D eigenvalue weighted by Crippen LogP contribution is -2.22. The number of hydrogen-bond acceptors (Lipinski definition) is 4. The van der Waals surface area contributed by atoms with Gasteiger partial charge in [0.2, 0.25) is 0 Å². The molecule has 0 amide bonds. The maximum Gasteiger partial charge on any atom is 0.188 e. The van der Waals surface area contributed by atoms with Gasteiger partial charge >= 0.3 is 0 Å². The molecule has 0 spiro atoms. The standard InChI is InChI=1S/C32H33Cl2NO3/c1-22(2)27-16-25(14-15-30(27)38-21-37-3)32(36)31-28(33)17-26(18-29(31)34)35(19-23-10-6-4-7-11-23)20-24-12-8-5-9-13-24/h4-18,22,32,36H,19-21H2,1-3H3. The first-order valence-electron chi connectivity index (χ1n) is 12.6. The van der Waals surface area contributed by atoms with Crippen LogP contribution in [0.2, 0.25) is 10.0 Å². The van der Waals surface area contributed by atoms with Gasteiger partial charge in [-0.25, -0.2) is 0 Å². The van der Waals surface area contributed by atoms with Gasteiger partial charge in [0.05, 0.1) is 10.0 Å². The molecular weight excluding hydrogens is 517 g/mol. The van der Waals surface area contributed by atoms with Crippen molar-refractivity contribution in [1.29, 1.82) is 0 Å². The van der Waals surface area contributed by atoms with Gasteiger partial charge in [0.25, 0.3) is 0 Å². The quantitative estimate of drug-likeness (QED) is 0.191. The summed E-state index contributed by atoms with van der Waals surface area (Å²) >= 11 is 13.6. The molecule has 4 nitrogen and oxygen atoms in total. The molecule has 0 bridgehead atoms. The lowest BCUT2D eigenvalue weighted by atomic mass is 9.94. The van der Waals surface area contributed by atoms with Crippen molar-refractivity contribution < 1.29 is 14.6 Å². The van der Waals surface area contributed by atoms with Crippen LogP contribution in [0.3, 0.4) is 0 Å². The van der Waals surface area contributed by atoms with Crippen LogP contribution in [0.25, 0.3) is 0 Å². The van der Waals surface area contributed by atoms with Crippen LogP contribution in [0.1, 0.15) is 53.7 Å². The number of methoxy groups -OCH3 is 1. The van der Waals surface area contributed by atoms with E-state index >= 15 is 0 Å². The fourth-order valence-corrected chi connectivity index (χ4v) is 5.15. The minimum atomic E-state index is -0.991. The predicted molar refractivity (Wildman–Crippen MR) is 156 cm³/mol. The molecule has 6 heteroatoms. The largest absolute Gasteiger partial charge is 0.467 e.